The summed E-state index contributed by atoms with van der Waals surface area (Å²) in [6, 6.07) is 2.62. The lowest BCUT2D eigenvalue weighted by Gasteiger charge is -2.39. The fourth-order valence-corrected chi connectivity index (χ4v) is 2.36. The Morgan fingerprint density at radius 3 is 2.94 bits per heavy atom. The minimum absolute atomic E-state index is 0.622. The van der Waals surface area contributed by atoms with Gasteiger partial charge in [0.05, 0.1) is 0 Å². The number of nitrogens with one attached hydrogen (secondary N) is 1. The summed E-state index contributed by atoms with van der Waals surface area (Å²) < 4.78 is 0. The standard InChI is InChI=1S/C13H23N5/c1-4-11-10-18(9-8-17(11)3)12-6-7-15-13(16-12)14-5-2/h6-7,11H,4-5,8-10H2,1-3H3,(H,14,15,16). The molecule has 0 radical (unpaired) electrons. The summed E-state index contributed by atoms with van der Waals surface area (Å²) in [5.41, 5.74) is 0. The highest BCUT2D eigenvalue weighted by molar-refractivity contribution is 5.43. The van der Waals surface area contributed by atoms with Crippen molar-refractivity contribution in [3.05, 3.63) is 12.3 Å². The molecule has 5 heteroatoms. The average Bonchev–Trinajstić information content (AvgIpc) is 2.40. The predicted octanol–water partition coefficient (Wildman–Crippen LogP) is 1.44. The maximum atomic E-state index is 4.57. The van der Waals surface area contributed by atoms with E-state index in [1.807, 2.05) is 12.3 Å². The van der Waals surface area contributed by atoms with Gasteiger partial charge in [-0.25, -0.2) is 4.98 Å². The van der Waals surface area contributed by atoms with Crippen LogP contribution in [0.1, 0.15) is 20.3 Å². The van der Waals surface area contributed by atoms with Crippen molar-refractivity contribution in [1.29, 1.82) is 0 Å². The fourth-order valence-electron chi connectivity index (χ4n) is 2.36. The predicted molar refractivity (Wildman–Crippen MR) is 75.1 cm³/mol. The van der Waals surface area contributed by atoms with E-state index in [2.05, 4.69) is 46.0 Å². The lowest BCUT2D eigenvalue weighted by molar-refractivity contribution is 0.213. The summed E-state index contributed by atoms with van der Waals surface area (Å²) in [5, 5.41) is 3.16. The molecule has 0 amide bonds. The normalized spacial score (nSPS) is 21.1. The maximum absolute atomic E-state index is 4.57. The van der Waals surface area contributed by atoms with Crippen LogP contribution >= 0.6 is 0 Å². The summed E-state index contributed by atoms with van der Waals surface area (Å²) in [6.07, 6.45) is 3.01. The average molecular weight is 249 g/mol. The number of anilines is 2. The van der Waals surface area contributed by atoms with Crippen molar-refractivity contribution in [1.82, 2.24) is 14.9 Å². The van der Waals surface area contributed by atoms with Crippen molar-refractivity contribution >= 4 is 11.8 Å². The number of hydrogen-bond donors (Lipinski definition) is 1. The van der Waals surface area contributed by atoms with Crippen LogP contribution in [0.15, 0.2) is 12.3 Å². The summed E-state index contributed by atoms with van der Waals surface area (Å²) in [4.78, 5) is 13.6. The highest BCUT2D eigenvalue weighted by Gasteiger charge is 2.23. The van der Waals surface area contributed by atoms with Crippen molar-refractivity contribution in [3.8, 4) is 0 Å². The third-order valence-corrected chi connectivity index (χ3v) is 3.55. The van der Waals surface area contributed by atoms with Gasteiger partial charge < -0.3 is 10.2 Å². The number of aromatic nitrogens is 2. The van der Waals surface area contributed by atoms with Crippen LogP contribution in [0, 0.1) is 0 Å². The van der Waals surface area contributed by atoms with Gasteiger partial charge in [-0.3, -0.25) is 4.90 Å². The molecule has 1 aromatic heterocycles. The Labute approximate surface area is 109 Å². The minimum Gasteiger partial charge on any atom is -0.354 e. The first kappa shape index (κ1) is 13.1. The number of hydrogen-bond acceptors (Lipinski definition) is 5. The summed E-state index contributed by atoms with van der Waals surface area (Å²) >= 11 is 0. The van der Waals surface area contributed by atoms with E-state index >= 15 is 0 Å². The van der Waals surface area contributed by atoms with Crippen LogP contribution in [-0.4, -0.2) is 54.1 Å². The monoisotopic (exact) mass is 249 g/mol. The largest absolute Gasteiger partial charge is 0.354 e. The van der Waals surface area contributed by atoms with E-state index in [-0.39, 0.29) is 0 Å². The van der Waals surface area contributed by atoms with E-state index in [0.717, 1.165) is 37.9 Å². The summed E-state index contributed by atoms with van der Waals surface area (Å²) in [5.74, 6) is 1.76. The quantitative estimate of drug-likeness (QED) is 0.874. The Kier molecular flexibility index (Phi) is 4.36. The molecule has 1 unspecified atom stereocenters. The van der Waals surface area contributed by atoms with Crippen LogP contribution in [0.3, 0.4) is 0 Å². The lowest BCUT2D eigenvalue weighted by Crippen LogP contribution is -2.51. The third kappa shape index (κ3) is 2.90. The lowest BCUT2D eigenvalue weighted by atomic mass is 10.1. The molecule has 5 nitrogen and oxygen atoms in total. The molecule has 0 aliphatic carbocycles. The van der Waals surface area contributed by atoms with Gasteiger partial charge in [0.15, 0.2) is 0 Å². The Balaban J connectivity index is 2.09. The molecule has 1 saturated heterocycles. The Morgan fingerprint density at radius 2 is 2.22 bits per heavy atom. The number of rotatable bonds is 4. The van der Waals surface area contributed by atoms with E-state index in [9.17, 15) is 0 Å². The van der Waals surface area contributed by atoms with Crippen LogP contribution in [0.5, 0.6) is 0 Å². The Morgan fingerprint density at radius 1 is 1.39 bits per heavy atom. The van der Waals surface area contributed by atoms with Gasteiger partial charge in [-0.2, -0.15) is 4.98 Å². The molecular formula is C13H23N5. The van der Waals surface area contributed by atoms with Crippen molar-refractivity contribution in [2.45, 2.75) is 26.3 Å². The minimum atomic E-state index is 0.622. The molecular weight excluding hydrogens is 226 g/mol. The van der Waals surface area contributed by atoms with Crippen molar-refractivity contribution in [2.24, 2.45) is 0 Å². The highest BCUT2D eigenvalue weighted by Crippen LogP contribution is 2.18. The second-order valence-corrected chi connectivity index (χ2v) is 4.76. The van der Waals surface area contributed by atoms with Gasteiger partial charge in [-0.15, -0.1) is 0 Å². The molecule has 1 aromatic rings. The number of nitrogens with zero attached hydrogens (tertiary/aromatic N) is 4. The van der Waals surface area contributed by atoms with Gasteiger partial charge in [0.1, 0.15) is 5.82 Å². The van der Waals surface area contributed by atoms with Gasteiger partial charge in [-0.05, 0) is 26.5 Å². The van der Waals surface area contributed by atoms with Gasteiger partial charge >= 0.3 is 0 Å². The smallest absolute Gasteiger partial charge is 0.224 e. The first-order valence-corrected chi connectivity index (χ1v) is 6.76. The molecule has 100 valence electrons. The molecule has 2 rings (SSSR count). The Bertz CT molecular complexity index is 381. The molecule has 1 aliphatic rings. The van der Waals surface area contributed by atoms with Crippen LogP contribution in [-0.2, 0) is 0 Å². The van der Waals surface area contributed by atoms with E-state index in [1.54, 1.807) is 0 Å². The van der Waals surface area contributed by atoms with E-state index < -0.39 is 0 Å². The second-order valence-electron chi connectivity index (χ2n) is 4.76. The van der Waals surface area contributed by atoms with Crippen LogP contribution < -0.4 is 10.2 Å². The first-order valence-electron chi connectivity index (χ1n) is 6.76. The van der Waals surface area contributed by atoms with Gasteiger partial charge in [0.25, 0.3) is 0 Å². The van der Waals surface area contributed by atoms with Crippen molar-refractivity contribution in [3.63, 3.8) is 0 Å². The third-order valence-electron chi connectivity index (χ3n) is 3.55. The zero-order valence-electron chi connectivity index (χ0n) is 11.6. The number of likely N-dealkylation sites (N-methyl/N-ethyl adjacent to an activating group) is 1. The highest BCUT2D eigenvalue weighted by atomic mass is 15.3. The summed E-state index contributed by atoms with van der Waals surface area (Å²) in [6.45, 7) is 8.34. The molecule has 1 N–H and O–H groups in total. The molecule has 1 aliphatic heterocycles. The van der Waals surface area contributed by atoms with Crippen molar-refractivity contribution in [2.75, 3.05) is 43.4 Å². The van der Waals surface area contributed by atoms with Gasteiger partial charge in [0, 0.05) is 38.4 Å². The molecule has 18 heavy (non-hydrogen) atoms. The molecule has 0 bridgehead atoms. The van der Waals surface area contributed by atoms with Gasteiger partial charge in [-0.1, -0.05) is 6.92 Å². The molecule has 2 heterocycles. The van der Waals surface area contributed by atoms with Crippen LogP contribution in [0.4, 0.5) is 11.8 Å². The zero-order chi connectivity index (χ0) is 13.0. The van der Waals surface area contributed by atoms with Crippen molar-refractivity contribution < 1.29 is 0 Å². The zero-order valence-corrected chi connectivity index (χ0v) is 11.6. The molecule has 0 aromatic carbocycles. The van der Waals surface area contributed by atoms with Gasteiger partial charge in [0.2, 0.25) is 5.95 Å². The van der Waals surface area contributed by atoms with Crippen LogP contribution in [0.2, 0.25) is 0 Å². The van der Waals surface area contributed by atoms with Crippen LogP contribution in [0.25, 0.3) is 0 Å². The molecule has 1 fully saturated rings. The molecule has 0 saturated carbocycles. The van der Waals surface area contributed by atoms with E-state index in [4.69, 9.17) is 0 Å². The fraction of sp³-hybridized carbons (Fsp3) is 0.692. The first-order chi connectivity index (χ1) is 8.74. The maximum Gasteiger partial charge on any atom is 0.224 e. The summed E-state index contributed by atoms with van der Waals surface area (Å²) in [7, 11) is 2.20. The molecule has 1 atom stereocenters. The van der Waals surface area contributed by atoms with E-state index in [0.29, 0.717) is 6.04 Å². The van der Waals surface area contributed by atoms with E-state index in [1.165, 1.54) is 6.42 Å². The molecule has 0 spiro atoms. The number of piperazine rings is 1. The second kappa shape index (κ2) is 6.00. The topological polar surface area (TPSA) is 44.3 Å². The SMILES string of the molecule is CCNc1nccc(N2CCN(C)C(CC)C2)n1. The Hall–Kier alpha value is -1.36.